The third kappa shape index (κ3) is 6.27. The molecule has 0 heterocycles. The lowest BCUT2D eigenvalue weighted by Gasteiger charge is -2.19. The van der Waals surface area contributed by atoms with Crippen molar-refractivity contribution in [2.75, 3.05) is 20.6 Å². The Balaban J connectivity index is 0.00000324. The number of rotatable bonds is 3. The van der Waals surface area contributed by atoms with Crippen LogP contribution < -0.4 is 10.6 Å². The maximum Gasteiger partial charge on any atom is 0.190 e. The van der Waals surface area contributed by atoms with Crippen molar-refractivity contribution in [1.82, 2.24) is 10.6 Å². The Morgan fingerprint density at radius 2 is 1.74 bits per heavy atom. The van der Waals surface area contributed by atoms with Crippen molar-refractivity contribution in [3.63, 3.8) is 0 Å². The van der Waals surface area contributed by atoms with Crippen molar-refractivity contribution in [3.8, 4) is 0 Å². The van der Waals surface area contributed by atoms with Crippen molar-refractivity contribution < 1.29 is 0 Å². The predicted molar refractivity (Wildman–Crippen MR) is 94.7 cm³/mol. The largest absolute Gasteiger partial charge is 0.359 e. The van der Waals surface area contributed by atoms with Gasteiger partial charge in [0.1, 0.15) is 0 Å². The summed E-state index contributed by atoms with van der Waals surface area (Å²) in [6.07, 6.45) is 1.01. The molecular weight excluding hydrogens is 349 g/mol. The van der Waals surface area contributed by atoms with Gasteiger partial charge in [-0.1, -0.05) is 45.0 Å². The predicted octanol–water partition coefficient (Wildman–Crippen LogP) is 2.94. The monoisotopic (exact) mass is 375 g/mol. The molecule has 1 aromatic carbocycles. The van der Waals surface area contributed by atoms with Crippen molar-refractivity contribution in [2.45, 2.75) is 32.6 Å². The van der Waals surface area contributed by atoms with Crippen molar-refractivity contribution in [3.05, 3.63) is 35.4 Å². The van der Waals surface area contributed by atoms with Gasteiger partial charge in [0.15, 0.2) is 5.96 Å². The third-order valence-corrected chi connectivity index (χ3v) is 2.99. The molecule has 0 bridgehead atoms. The van der Waals surface area contributed by atoms with Crippen molar-refractivity contribution in [2.24, 2.45) is 4.99 Å². The van der Waals surface area contributed by atoms with E-state index in [1.165, 1.54) is 11.1 Å². The first-order chi connectivity index (χ1) is 8.47. The van der Waals surface area contributed by atoms with E-state index in [0.29, 0.717) is 0 Å². The van der Waals surface area contributed by atoms with Crippen LogP contribution in [0.5, 0.6) is 0 Å². The highest BCUT2D eigenvalue weighted by atomic mass is 127. The third-order valence-electron chi connectivity index (χ3n) is 2.99. The molecule has 0 radical (unpaired) electrons. The first kappa shape index (κ1) is 18.2. The Morgan fingerprint density at radius 1 is 1.16 bits per heavy atom. The topological polar surface area (TPSA) is 36.4 Å². The van der Waals surface area contributed by atoms with Gasteiger partial charge in [0.05, 0.1) is 0 Å². The Labute approximate surface area is 134 Å². The molecule has 19 heavy (non-hydrogen) atoms. The van der Waals surface area contributed by atoms with Gasteiger partial charge in [-0.25, -0.2) is 0 Å². The van der Waals surface area contributed by atoms with Gasteiger partial charge in [-0.05, 0) is 23.0 Å². The smallest absolute Gasteiger partial charge is 0.190 e. The molecule has 0 amide bonds. The minimum absolute atomic E-state index is 0. The van der Waals surface area contributed by atoms with Crippen LogP contribution in [0.25, 0.3) is 0 Å². The molecule has 0 saturated carbocycles. The lowest BCUT2D eigenvalue weighted by Crippen LogP contribution is -2.35. The number of nitrogens with one attached hydrogen (secondary N) is 2. The Bertz CT molecular complexity index is 391. The van der Waals surface area contributed by atoms with E-state index in [0.717, 1.165) is 18.9 Å². The zero-order valence-corrected chi connectivity index (χ0v) is 14.9. The molecule has 3 nitrogen and oxygen atoms in total. The molecule has 1 aromatic rings. The van der Waals surface area contributed by atoms with Crippen LogP contribution in [0.4, 0.5) is 0 Å². The van der Waals surface area contributed by atoms with Crippen molar-refractivity contribution >= 4 is 29.9 Å². The molecule has 0 aliphatic carbocycles. The second kappa shape index (κ2) is 8.40. The summed E-state index contributed by atoms with van der Waals surface area (Å²) in [5, 5.41) is 6.26. The molecule has 0 saturated heterocycles. The summed E-state index contributed by atoms with van der Waals surface area (Å²) in [6.45, 7) is 7.60. The van der Waals surface area contributed by atoms with Gasteiger partial charge < -0.3 is 10.6 Å². The highest BCUT2D eigenvalue weighted by Crippen LogP contribution is 2.22. The van der Waals surface area contributed by atoms with Gasteiger partial charge in [-0.15, -0.1) is 24.0 Å². The average Bonchev–Trinajstić information content (AvgIpc) is 2.34. The Hall–Kier alpha value is -0.780. The number of halogens is 1. The summed E-state index contributed by atoms with van der Waals surface area (Å²) in [4.78, 5) is 4.08. The first-order valence-corrected chi connectivity index (χ1v) is 6.45. The van der Waals surface area contributed by atoms with Gasteiger partial charge in [0, 0.05) is 20.6 Å². The number of nitrogens with zero attached hydrogens (tertiary/aromatic N) is 1. The molecule has 1 rings (SSSR count). The second-order valence-corrected chi connectivity index (χ2v) is 5.45. The Morgan fingerprint density at radius 3 is 2.16 bits per heavy atom. The van der Waals surface area contributed by atoms with E-state index >= 15 is 0 Å². The molecule has 108 valence electrons. The van der Waals surface area contributed by atoms with Gasteiger partial charge in [0.25, 0.3) is 0 Å². The molecule has 0 atom stereocenters. The SMILES string of the molecule is CN=C(NC)NCCc1ccc(C(C)(C)C)cc1.I. The van der Waals surface area contributed by atoms with Gasteiger partial charge in [-0.3, -0.25) is 4.99 Å². The zero-order chi connectivity index (χ0) is 13.6. The summed E-state index contributed by atoms with van der Waals surface area (Å²) < 4.78 is 0. The maximum atomic E-state index is 4.08. The summed E-state index contributed by atoms with van der Waals surface area (Å²) in [7, 11) is 3.64. The number of guanidine groups is 1. The summed E-state index contributed by atoms with van der Waals surface area (Å²) in [6, 6.07) is 8.87. The quantitative estimate of drug-likeness (QED) is 0.484. The summed E-state index contributed by atoms with van der Waals surface area (Å²) in [5.74, 6) is 0.835. The summed E-state index contributed by atoms with van der Waals surface area (Å²) in [5.41, 5.74) is 2.96. The molecule has 0 fully saturated rings. The van der Waals surface area contributed by atoms with E-state index in [9.17, 15) is 0 Å². The second-order valence-electron chi connectivity index (χ2n) is 5.45. The molecule has 0 aliphatic heterocycles. The van der Waals surface area contributed by atoms with E-state index in [1.807, 2.05) is 7.05 Å². The van der Waals surface area contributed by atoms with Gasteiger partial charge >= 0.3 is 0 Å². The molecular formula is C15H26IN3. The van der Waals surface area contributed by atoms with E-state index < -0.39 is 0 Å². The number of benzene rings is 1. The fourth-order valence-corrected chi connectivity index (χ4v) is 1.78. The van der Waals surface area contributed by atoms with E-state index in [2.05, 4.69) is 60.7 Å². The van der Waals surface area contributed by atoms with Gasteiger partial charge in [-0.2, -0.15) is 0 Å². The molecule has 0 spiro atoms. The van der Waals surface area contributed by atoms with E-state index in [1.54, 1.807) is 7.05 Å². The van der Waals surface area contributed by atoms with E-state index in [4.69, 9.17) is 0 Å². The van der Waals surface area contributed by atoms with Gasteiger partial charge in [0.2, 0.25) is 0 Å². The molecule has 0 aromatic heterocycles. The molecule has 2 N–H and O–H groups in total. The van der Waals surface area contributed by atoms with Crippen LogP contribution in [0, 0.1) is 0 Å². The van der Waals surface area contributed by atoms with E-state index in [-0.39, 0.29) is 29.4 Å². The molecule has 4 heteroatoms. The highest BCUT2D eigenvalue weighted by molar-refractivity contribution is 14.0. The Kier molecular flexibility index (Phi) is 8.06. The standard InChI is InChI=1S/C15H25N3.HI/c1-15(2,3)13-8-6-12(7-9-13)10-11-18-14(16-4)17-5;/h6-9H,10-11H2,1-5H3,(H2,16,17,18);1H. The summed E-state index contributed by atoms with van der Waals surface area (Å²) >= 11 is 0. The van der Waals surface area contributed by atoms with Crippen LogP contribution in [0.1, 0.15) is 31.9 Å². The molecule has 0 unspecified atom stereocenters. The van der Waals surface area contributed by atoms with Crippen LogP contribution in [-0.2, 0) is 11.8 Å². The molecule has 0 aliphatic rings. The van der Waals surface area contributed by atoms with Crippen LogP contribution in [0.3, 0.4) is 0 Å². The highest BCUT2D eigenvalue weighted by Gasteiger charge is 2.12. The lowest BCUT2D eigenvalue weighted by molar-refractivity contribution is 0.590. The fraction of sp³-hybridized carbons (Fsp3) is 0.533. The first-order valence-electron chi connectivity index (χ1n) is 6.45. The minimum Gasteiger partial charge on any atom is -0.359 e. The minimum atomic E-state index is 0. The lowest BCUT2D eigenvalue weighted by atomic mass is 9.86. The van der Waals surface area contributed by atoms with Crippen LogP contribution >= 0.6 is 24.0 Å². The number of hydrogen-bond donors (Lipinski definition) is 2. The van der Waals surface area contributed by atoms with Crippen LogP contribution in [0.2, 0.25) is 0 Å². The number of aliphatic imine (C=N–C) groups is 1. The maximum absolute atomic E-state index is 4.08. The normalized spacial score (nSPS) is 11.7. The average molecular weight is 375 g/mol. The fourth-order valence-electron chi connectivity index (χ4n) is 1.78. The van der Waals surface area contributed by atoms with Crippen LogP contribution in [0.15, 0.2) is 29.3 Å². The van der Waals surface area contributed by atoms with Crippen molar-refractivity contribution in [1.29, 1.82) is 0 Å². The number of hydrogen-bond acceptors (Lipinski definition) is 1. The van der Waals surface area contributed by atoms with Crippen LogP contribution in [-0.4, -0.2) is 26.6 Å². The zero-order valence-electron chi connectivity index (χ0n) is 12.6.